The number of allylic oxidation sites excluding steroid dienone is 4. The lowest BCUT2D eigenvalue weighted by Gasteiger charge is -2.63. The Morgan fingerprint density at radius 2 is 1.60 bits per heavy atom. The molecule has 12 heteroatoms. The molecule has 5 rings (SSSR count). The summed E-state index contributed by atoms with van der Waals surface area (Å²) in [5.41, 5.74) is -6.30. The summed E-state index contributed by atoms with van der Waals surface area (Å²) in [7, 11) is 0. The van der Waals surface area contributed by atoms with Crippen LogP contribution in [0.3, 0.4) is 0 Å². The Balaban J connectivity index is 1.53. The Hall–Kier alpha value is -2.03. The minimum absolute atomic E-state index is 0.0396. The molecule has 0 bridgehead atoms. The van der Waals surface area contributed by atoms with Crippen LogP contribution in [-0.4, -0.2) is 108 Å². The van der Waals surface area contributed by atoms with Gasteiger partial charge in [-0.05, 0) is 76.7 Å². The Bertz CT molecular complexity index is 1410. The summed E-state index contributed by atoms with van der Waals surface area (Å²) in [6.45, 7) is 13.1. The molecule has 7 N–H and O–H groups in total. The third-order valence-electron chi connectivity index (χ3n) is 13.2. The van der Waals surface area contributed by atoms with Crippen LogP contribution in [0.1, 0.15) is 87.5 Å². The van der Waals surface area contributed by atoms with E-state index in [0.29, 0.717) is 6.42 Å². The van der Waals surface area contributed by atoms with Crippen LogP contribution in [0.15, 0.2) is 23.5 Å². The van der Waals surface area contributed by atoms with E-state index in [4.69, 9.17) is 9.47 Å². The van der Waals surface area contributed by atoms with Crippen molar-refractivity contribution in [2.24, 2.45) is 39.4 Å². The van der Waals surface area contributed by atoms with E-state index in [1.54, 1.807) is 33.8 Å². The van der Waals surface area contributed by atoms with E-state index in [1.165, 1.54) is 6.92 Å². The van der Waals surface area contributed by atoms with Gasteiger partial charge in [-0.15, -0.1) is 0 Å². The normalized spacial score (nSPS) is 45.3. The van der Waals surface area contributed by atoms with Gasteiger partial charge in [-0.25, -0.2) is 0 Å². The maximum atomic E-state index is 14.7. The van der Waals surface area contributed by atoms with Gasteiger partial charge < -0.3 is 45.2 Å². The lowest BCUT2D eigenvalue weighted by atomic mass is 9.39. The molecule has 48 heavy (non-hydrogen) atoms. The van der Waals surface area contributed by atoms with Crippen molar-refractivity contribution in [2.45, 2.75) is 136 Å². The fourth-order valence-electron chi connectivity index (χ4n) is 10.2. The third-order valence-corrected chi connectivity index (χ3v) is 13.2. The van der Waals surface area contributed by atoms with Crippen molar-refractivity contribution in [3.05, 3.63) is 23.5 Å². The second kappa shape index (κ2) is 11.8. The van der Waals surface area contributed by atoms with E-state index < -0.39 is 99.7 Å². The minimum atomic E-state index is -1.97. The number of aliphatic hydroxyl groups excluding tert-OH is 5. The first-order valence-corrected chi connectivity index (χ1v) is 17.0. The average Bonchev–Trinajstić information content (AvgIpc) is 3.19. The van der Waals surface area contributed by atoms with Crippen molar-refractivity contribution in [3.8, 4) is 0 Å². The van der Waals surface area contributed by atoms with E-state index in [2.05, 4.69) is 0 Å². The smallest absolute Gasteiger partial charge is 0.229 e. The van der Waals surface area contributed by atoms with Gasteiger partial charge in [0, 0.05) is 30.1 Å². The molecule has 0 radical (unpaired) electrons. The van der Waals surface area contributed by atoms with Crippen LogP contribution in [0.2, 0.25) is 0 Å². The Morgan fingerprint density at radius 1 is 0.979 bits per heavy atom. The molecular weight excluding hydrogens is 624 g/mol. The van der Waals surface area contributed by atoms with Crippen LogP contribution >= 0.6 is 0 Å². The standard InChI is InChI=1S/C36H54O12/c1-31(2,45)12-11-23(39)36(8,46)28-19(38)14-33(5)22-10-9-17-18(35(22,7)24(40)15-34(28,33)6)13-20(29(44)32(17,3)4)47-30-27(43)26(42)25(41)21(16-37)48-30/h9,13,18-19,21-22,25-28,30,37-38,41-43,45-46H,10-12,14-16H2,1-8H3/t18-,19?,21-,22+,25-,26+,27-,28+,30-,33+,34-,35+,36+/m1/s1. The predicted octanol–water partition coefficient (Wildman–Crippen LogP) is 1.10. The number of hydrogen-bond acceptors (Lipinski definition) is 12. The molecule has 0 amide bonds. The van der Waals surface area contributed by atoms with Gasteiger partial charge in [-0.3, -0.25) is 14.4 Å². The van der Waals surface area contributed by atoms with Gasteiger partial charge in [-0.1, -0.05) is 32.4 Å². The lowest BCUT2D eigenvalue weighted by Crippen LogP contribution is -2.64. The van der Waals surface area contributed by atoms with Gasteiger partial charge in [0.1, 0.15) is 35.8 Å². The summed E-state index contributed by atoms with van der Waals surface area (Å²) in [6.07, 6.45) is -4.80. The molecule has 1 saturated heterocycles. The van der Waals surface area contributed by atoms with Crippen molar-refractivity contribution in [1.82, 2.24) is 0 Å². The van der Waals surface area contributed by atoms with Gasteiger partial charge in [0.05, 0.1) is 23.7 Å². The van der Waals surface area contributed by atoms with Crippen molar-refractivity contribution < 1.29 is 59.6 Å². The van der Waals surface area contributed by atoms with Crippen LogP contribution in [-0.2, 0) is 23.9 Å². The number of rotatable bonds is 8. The largest absolute Gasteiger partial charge is 0.459 e. The van der Waals surface area contributed by atoms with E-state index >= 15 is 0 Å². The summed E-state index contributed by atoms with van der Waals surface area (Å²) in [6, 6.07) is 0. The first-order valence-electron chi connectivity index (χ1n) is 17.0. The molecule has 13 atom stereocenters. The van der Waals surface area contributed by atoms with Gasteiger partial charge in [0.15, 0.2) is 11.5 Å². The fourth-order valence-corrected chi connectivity index (χ4v) is 10.2. The van der Waals surface area contributed by atoms with E-state index in [9.17, 15) is 50.1 Å². The second-order valence-corrected chi connectivity index (χ2v) is 17.1. The number of carbonyl (C=O) groups is 3. The topological polar surface area (TPSA) is 211 Å². The minimum Gasteiger partial charge on any atom is -0.459 e. The highest BCUT2D eigenvalue weighted by molar-refractivity contribution is 6.02. The quantitative estimate of drug-likeness (QED) is 0.180. The maximum Gasteiger partial charge on any atom is 0.229 e. The highest BCUT2D eigenvalue weighted by Crippen LogP contribution is 2.74. The zero-order valence-corrected chi connectivity index (χ0v) is 29.3. The molecule has 1 aliphatic heterocycles. The molecule has 4 aliphatic carbocycles. The molecule has 0 aromatic carbocycles. The number of ether oxygens (including phenoxy) is 2. The Labute approximate surface area is 281 Å². The predicted molar refractivity (Wildman–Crippen MR) is 171 cm³/mol. The molecule has 5 aliphatic rings. The molecule has 1 unspecified atom stereocenters. The molecule has 12 nitrogen and oxygen atoms in total. The number of hydrogen-bond donors (Lipinski definition) is 7. The third kappa shape index (κ3) is 5.28. The van der Waals surface area contributed by atoms with Crippen LogP contribution < -0.4 is 0 Å². The Kier molecular flexibility index (Phi) is 9.12. The van der Waals surface area contributed by atoms with Crippen LogP contribution in [0.4, 0.5) is 0 Å². The SMILES string of the molecule is CC(C)(O)CCC(=O)[C@](C)(O)[C@H]1C(O)C[C@@]2(C)[C@@H]3CC=C4[C@@H](C=C(O[C@@H]5O[C@H](CO)[C@@H](O)[C@H](O)[C@H]5O)C(=O)C4(C)C)[C@]3(C)C(=O)C[C@]12C. The molecule has 1 heterocycles. The second-order valence-electron chi connectivity index (χ2n) is 17.1. The number of ketones is 3. The summed E-state index contributed by atoms with van der Waals surface area (Å²) in [5.74, 6) is -3.21. The summed E-state index contributed by atoms with van der Waals surface area (Å²) < 4.78 is 11.5. The van der Waals surface area contributed by atoms with Crippen LogP contribution in [0.5, 0.6) is 0 Å². The molecular formula is C36H54O12. The van der Waals surface area contributed by atoms with Gasteiger partial charge >= 0.3 is 0 Å². The van der Waals surface area contributed by atoms with Crippen LogP contribution in [0, 0.1) is 39.4 Å². The van der Waals surface area contributed by atoms with Crippen LogP contribution in [0.25, 0.3) is 0 Å². The summed E-state index contributed by atoms with van der Waals surface area (Å²) >= 11 is 0. The number of carbonyl (C=O) groups excluding carboxylic acids is 3. The summed E-state index contributed by atoms with van der Waals surface area (Å²) in [4.78, 5) is 42.0. The van der Waals surface area contributed by atoms with Gasteiger partial charge in [-0.2, -0.15) is 0 Å². The van der Waals surface area contributed by atoms with E-state index in [1.807, 2.05) is 26.8 Å². The Morgan fingerprint density at radius 3 is 2.19 bits per heavy atom. The molecule has 0 aromatic rings. The van der Waals surface area contributed by atoms with E-state index in [0.717, 1.165) is 5.57 Å². The van der Waals surface area contributed by atoms with Crippen molar-refractivity contribution >= 4 is 17.3 Å². The molecule has 0 aromatic heterocycles. The van der Waals surface area contributed by atoms with Gasteiger partial charge in [0.2, 0.25) is 12.1 Å². The number of fused-ring (bicyclic) bond motifs is 5. The lowest BCUT2D eigenvalue weighted by molar-refractivity contribution is -0.291. The fraction of sp³-hybridized carbons (Fsp3) is 0.806. The van der Waals surface area contributed by atoms with Gasteiger partial charge in [0.25, 0.3) is 0 Å². The van der Waals surface area contributed by atoms with Crippen molar-refractivity contribution in [1.29, 1.82) is 0 Å². The zero-order chi connectivity index (χ0) is 36.2. The first kappa shape index (κ1) is 37.2. The van der Waals surface area contributed by atoms with Crippen molar-refractivity contribution in [3.63, 3.8) is 0 Å². The van der Waals surface area contributed by atoms with Crippen molar-refractivity contribution in [2.75, 3.05) is 6.61 Å². The number of Topliss-reactive ketones (excluding diaryl/α,β-unsaturated/α-hetero) is 3. The number of aliphatic hydroxyl groups is 7. The zero-order valence-electron chi connectivity index (χ0n) is 29.3. The maximum absolute atomic E-state index is 14.7. The highest BCUT2D eigenvalue weighted by atomic mass is 16.7. The monoisotopic (exact) mass is 678 g/mol. The highest BCUT2D eigenvalue weighted by Gasteiger charge is 2.74. The molecule has 2 saturated carbocycles. The summed E-state index contributed by atoms with van der Waals surface area (Å²) in [5, 5.41) is 74.5. The molecule has 0 spiro atoms. The van der Waals surface area contributed by atoms with E-state index in [-0.39, 0.29) is 43.1 Å². The first-order chi connectivity index (χ1) is 21.9. The molecule has 3 fully saturated rings. The molecule has 270 valence electrons. The average molecular weight is 679 g/mol.